The first-order valence-corrected chi connectivity index (χ1v) is 10.3. The summed E-state index contributed by atoms with van der Waals surface area (Å²) in [6, 6.07) is -0.109. The Labute approximate surface area is 162 Å². The number of carbonyl (C=O) groups is 3. The van der Waals surface area contributed by atoms with E-state index in [1.54, 1.807) is 6.92 Å². The predicted molar refractivity (Wildman–Crippen MR) is 101 cm³/mol. The smallest absolute Gasteiger partial charge is 0.231 e. The van der Waals surface area contributed by atoms with Gasteiger partial charge in [-0.15, -0.1) is 0 Å². The molecule has 3 rings (SSSR count). The highest BCUT2D eigenvalue weighted by atomic mass is 16.5. The van der Waals surface area contributed by atoms with Crippen LogP contribution in [0.5, 0.6) is 0 Å². The summed E-state index contributed by atoms with van der Waals surface area (Å²) in [6.45, 7) is 9.91. The van der Waals surface area contributed by atoms with Crippen LogP contribution in [0.4, 0.5) is 0 Å². The van der Waals surface area contributed by atoms with Crippen molar-refractivity contribution >= 4 is 17.7 Å². The maximum Gasteiger partial charge on any atom is 0.231 e. The molecule has 3 saturated heterocycles. The number of likely N-dealkylation sites (tertiary alicyclic amines) is 2. The third-order valence-corrected chi connectivity index (χ3v) is 6.38. The van der Waals surface area contributed by atoms with E-state index in [2.05, 4.69) is 0 Å². The largest absolute Gasteiger partial charge is 0.378 e. The van der Waals surface area contributed by atoms with Crippen molar-refractivity contribution in [1.82, 2.24) is 14.7 Å². The number of hydrogen-bond donors (Lipinski definition) is 0. The summed E-state index contributed by atoms with van der Waals surface area (Å²) in [6.07, 6.45) is 2.55. The van der Waals surface area contributed by atoms with Crippen LogP contribution in [-0.2, 0) is 19.1 Å². The lowest BCUT2D eigenvalue weighted by Crippen LogP contribution is -2.54. The molecule has 0 unspecified atom stereocenters. The van der Waals surface area contributed by atoms with Gasteiger partial charge in [0.15, 0.2) is 0 Å². The molecular formula is C20H33N3O4. The van der Waals surface area contributed by atoms with Crippen LogP contribution < -0.4 is 0 Å². The maximum atomic E-state index is 13.6. The van der Waals surface area contributed by atoms with Crippen LogP contribution in [0.2, 0.25) is 0 Å². The Kier molecular flexibility index (Phi) is 6.08. The minimum absolute atomic E-state index is 0.0265. The molecule has 0 aliphatic carbocycles. The highest BCUT2D eigenvalue weighted by Crippen LogP contribution is 2.45. The van der Waals surface area contributed by atoms with Gasteiger partial charge in [-0.25, -0.2) is 0 Å². The minimum Gasteiger partial charge on any atom is -0.378 e. The molecule has 152 valence electrons. The molecule has 0 aromatic rings. The molecule has 3 aliphatic heterocycles. The molecule has 0 aromatic heterocycles. The van der Waals surface area contributed by atoms with E-state index in [0.29, 0.717) is 77.5 Å². The van der Waals surface area contributed by atoms with E-state index in [0.717, 1.165) is 0 Å². The fourth-order valence-electron chi connectivity index (χ4n) is 4.93. The van der Waals surface area contributed by atoms with Crippen molar-refractivity contribution in [2.24, 2.45) is 11.3 Å². The van der Waals surface area contributed by atoms with Gasteiger partial charge in [0, 0.05) is 52.1 Å². The van der Waals surface area contributed by atoms with Crippen molar-refractivity contribution in [2.45, 2.75) is 52.5 Å². The van der Waals surface area contributed by atoms with Gasteiger partial charge in [0.1, 0.15) is 0 Å². The van der Waals surface area contributed by atoms with E-state index >= 15 is 0 Å². The second kappa shape index (κ2) is 8.17. The standard InChI is InChI=1S/C20H33N3O4/c1-15(2)14-18(25)21-7-4-17-20(5-8-21,6-9-23(17)16(3)24)19(26)22-10-12-27-13-11-22/h15,17H,4-14H2,1-3H3/t17-,20+/m0/s1. The average Bonchev–Trinajstić information content (AvgIpc) is 2.90. The first kappa shape index (κ1) is 20.1. The number of nitrogens with zero attached hydrogens (tertiary/aromatic N) is 3. The molecular weight excluding hydrogens is 346 g/mol. The monoisotopic (exact) mass is 379 g/mol. The summed E-state index contributed by atoms with van der Waals surface area (Å²) in [5.41, 5.74) is -0.560. The molecule has 3 aliphatic rings. The lowest BCUT2D eigenvalue weighted by atomic mass is 9.75. The molecule has 2 atom stereocenters. The van der Waals surface area contributed by atoms with Crippen LogP contribution in [0.25, 0.3) is 0 Å². The third-order valence-electron chi connectivity index (χ3n) is 6.38. The van der Waals surface area contributed by atoms with Crippen LogP contribution in [0, 0.1) is 11.3 Å². The van der Waals surface area contributed by atoms with Crippen LogP contribution in [0.1, 0.15) is 46.5 Å². The SMILES string of the molecule is CC(=O)N1CC[C@]2(C(=O)N3CCOCC3)CCN(C(=O)CC(C)C)CC[C@H]12. The third kappa shape index (κ3) is 3.98. The van der Waals surface area contributed by atoms with Crippen LogP contribution in [0.15, 0.2) is 0 Å². The van der Waals surface area contributed by atoms with Crippen LogP contribution in [-0.4, -0.2) is 84.4 Å². The first-order valence-electron chi connectivity index (χ1n) is 10.3. The lowest BCUT2D eigenvalue weighted by molar-refractivity contribution is -0.149. The van der Waals surface area contributed by atoms with Gasteiger partial charge >= 0.3 is 0 Å². The van der Waals surface area contributed by atoms with Gasteiger partial charge in [-0.05, 0) is 25.2 Å². The van der Waals surface area contributed by atoms with E-state index in [1.165, 1.54) is 0 Å². The molecule has 7 heteroatoms. The number of hydrogen-bond acceptors (Lipinski definition) is 4. The van der Waals surface area contributed by atoms with Crippen molar-refractivity contribution in [3.8, 4) is 0 Å². The molecule has 0 spiro atoms. The molecule has 0 bridgehead atoms. The van der Waals surface area contributed by atoms with Gasteiger partial charge in [-0.2, -0.15) is 0 Å². The van der Waals surface area contributed by atoms with Gasteiger partial charge in [-0.1, -0.05) is 13.8 Å². The Bertz CT molecular complexity index is 588. The number of morpholine rings is 1. The zero-order chi connectivity index (χ0) is 19.6. The molecule has 27 heavy (non-hydrogen) atoms. The zero-order valence-electron chi connectivity index (χ0n) is 16.9. The Balaban J connectivity index is 1.83. The van der Waals surface area contributed by atoms with E-state index in [4.69, 9.17) is 4.74 Å². The molecule has 0 aromatic carbocycles. The number of carbonyl (C=O) groups excluding carboxylic acids is 3. The summed E-state index contributed by atoms with van der Waals surface area (Å²) in [4.78, 5) is 44.1. The van der Waals surface area contributed by atoms with E-state index < -0.39 is 5.41 Å². The molecule has 0 radical (unpaired) electrons. The number of rotatable bonds is 3. The van der Waals surface area contributed by atoms with Gasteiger partial charge in [0.05, 0.1) is 18.6 Å². The summed E-state index contributed by atoms with van der Waals surface area (Å²) in [7, 11) is 0. The number of ether oxygens (including phenoxy) is 1. The van der Waals surface area contributed by atoms with Gasteiger partial charge in [0.25, 0.3) is 0 Å². The Morgan fingerprint density at radius 1 is 1.00 bits per heavy atom. The number of amides is 3. The molecule has 3 fully saturated rings. The highest BCUT2D eigenvalue weighted by molar-refractivity contribution is 5.86. The quantitative estimate of drug-likeness (QED) is 0.737. The lowest BCUT2D eigenvalue weighted by Gasteiger charge is -2.40. The number of fused-ring (bicyclic) bond motifs is 1. The molecule has 7 nitrogen and oxygen atoms in total. The maximum absolute atomic E-state index is 13.6. The zero-order valence-corrected chi connectivity index (χ0v) is 16.9. The molecule has 0 saturated carbocycles. The van der Waals surface area contributed by atoms with Gasteiger partial charge < -0.3 is 19.4 Å². The Morgan fingerprint density at radius 2 is 1.67 bits per heavy atom. The van der Waals surface area contributed by atoms with Crippen molar-refractivity contribution < 1.29 is 19.1 Å². The summed E-state index contributed by atoms with van der Waals surface area (Å²) < 4.78 is 5.40. The average molecular weight is 380 g/mol. The summed E-state index contributed by atoms with van der Waals surface area (Å²) in [5, 5.41) is 0. The minimum atomic E-state index is -0.560. The first-order chi connectivity index (χ1) is 12.8. The highest BCUT2D eigenvalue weighted by Gasteiger charge is 2.55. The van der Waals surface area contributed by atoms with E-state index in [1.807, 2.05) is 28.5 Å². The summed E-state index contributed by atoms with van der Waals surface area (Å²) >= 11 is 0. The van der Waals surface area contributed by atoms with Gasteiger partial charge in [-0.3, -0.25) is 14.4 Å². The molecule has 0 N–H and O–H groups in total. The fraction of sp³-hybridized carbons (Fsp3) is 0.850. The van der Waals surface area contributed by atoms with Crippen molar-refractivity contribution in [3.63, 3.8) is 0 Å². The van der Waals surface area contributed by atoms with Crippen LogP contribution >= 0.6 is 0 Å². The molecule has 3 heterocycles. The fourth-order valence-corrected chi connectivity index (χ4v) is 4.93. The van der Waals surface area contributed by atoms with Crippen molar-refractivity contribution in [3.05, 3.63) is 0 Å². The van der Waals surface area contributed by atoms with Crippen LogP contribution in [0.3, 0.4) is 0 Å². The summed E-state index contributed by atoms with van der Waals surface area (Å²) in [5.74, 6) is 0.655. The van der Waals surface area contributed by atoms with Crippen molar-refractivity contribution in [2.75, 3.05) is 45.9 Å². The van der Waals surface area contributed by atoms with Crippen molar-refractivity contribution in [1.29, 1.82) is 0 Å². The second-order valence-corrected chi connectivity index (χ2v) is 8.56. The van der Waals surface area contributed by atoms with E-state index in [9.17, 15) is 14.4 Å². The Hall–Kier alpha value is -1.63. The Morgan fingerprint density at radius 3 is 2.30 bits per heavy atom. The topological polar surface area (TPSA) is 70.2 Å². The predicted octanol–water partition coefficient (Wildman–Crippen LogP) is 1.12. The normalized spacial score (nSPS) is 28.9. The van der Waals surface area contributed by atoms with Gasteiger partial charge in [0.2, 0.25) is 17.7 Å². The molecule has 3 amide bonds. The van der Waals surface area contributed by atoms with E-state index in [-0.39, 0.29) is 23.8 Å². The second-order valence-electron chi connectivity index (χ2n) is 8.56.